The Hall–Kier alpha value is -2.28. The predicted octanol–water partition coefficient (Wildman–Crippen LogP) is 3.27. The molecule has 4 nitrogen and oxygen atoms in total. The normalized spacial score (nSPS) is 24.7. The molecule has 0 spiro atoms. The van der Waals surface area contributed by atoms with Crippen molar-refractivity contribution in [3.63, 3.8) is 0 Å². The number of aliphatic carboxylic acids is 1. The van der Waals surface area contributed by atoms with Gasteiger partial charge in [0.15, 0.2) is 0 Å². The molecule has 1 aromatic rings. The number of hydrogen-bond donors (Lipinski definition) is 1. The number of ether oxygens (including phenoxy) is 2. The minimum absolute atomic E-state index is 0.420. The zero-order valence-electron chi connectivity index (χ0n) is 12.4. The van der Waals surface area contributed by atoms with Gasteiger partial charge in [0.05, 0.1) is 7.11 Å². The van der Waals surface area contributed by atoms with Crippen molar-refractivity contribution in [2.75, 3.05) is 14.2 Å². The maximum absolute atomic E-state index is 13.5. The summed E-state index contributed by atoms with van der Waals surface area (Å²) in [6.45, 7) is 0. The fraction of sp³-hybridized carbons (Fsp3) is 0.312. The molecule has 1 N–H and O–H groups in total. The smallest absolute Gasteiger partial charge is 0.428 e. The van der Waals surface area contributed by atoms with Crippen LogP contribution in [0.2, 0.25) is 0 Å². The molecule has 0 bridgehead atoms. The summed E-state index contributed by atoms with van der Waals surface area (Å²) in [5, 5.41) is 9.36. The van der Waals surface area contributed by atoms with E-state index in [0.717, 1.165) is 20.3 Å². The molecule has 0 aliphatic heterocycles. The second-order valence-corrected chi connectivity index (χ2v) is 4.97. The summed E-state index contributed by atoms with van der Waals surface area (Å²) in [5.41, 5.74) is -2.79. The summed E-state index contributed by atoms with van der Waals surface area (Å²) < 4.78 is 50.1. The van der Waals surface area contributed by atoms with Crippen molar-refractivity contribution in [1.29, 1.82) is 0 Å². The summed E-state index contributed by atoms with van der Waals surface area (Å²) in [6, 6.07) is 8.36. The van der Waals surface area contributed by atoms with E-state index in [0.29, 0.717) is 11.6 Å². The number of allylic oxidation sites excluding steroid dienone is 1. The van der Waals surface area contributed by atoms with E-state index in [-0.39, 0.29) is 0 Å². The number of alkyl halides is 3. The second kappa shape index (κ2) is 6.08. The Morgan fingerprint density at radius 1 is 1.22 bits per heavy atom. The van der Waals surface area contributed by atoms with Crippen molar-refractivity contribution in [3.05, 3.63) is 59.4 Å². The van der Waals surface area contributed by atoms with Gasteiger partial charge in [-0.1, -0.05) is 30.3 Å². The molecule has 1 aromatic carbocycles. The first-order valence-electron chi connectivity index (χ1n) is 6.66. The van der Waals surface area contributed by atoms with Crippen LogP contribution in [0, 0.1) is 0 Å². The molecule has 0 fully saturated rings. The molecule has 0 heterocycles. The van der Waals surface area contributed by atoms with E-state index in [9.17, 15) is 23.1 Å². The van der Waals surface area contributed by atoms with Gasteiger partial charge in [0.2, 0.25) is 5.60 Å². The van der Waals surface area contributed by atoms with Crippen LogP contribution in [0.3, 0.4) is 0 Å². The number of halogens is 3. The monoisotopic (exact) mass is 328 g/mol. The largest absolute Gasteiger partial charge is 0.498 e. The molecule has 1 aliphatic rings. The van der Waals surface area contributed by atoms with Gasteiger partial charge in [-0.2, -0.15) is 13.2 Å². The fourth-order valence-electron chi connectivity index (χ4n) is 2.59. The van der Waals surface area contributed by atoms with Gasteiger partial charge in [-0.3, -0.25) is 0 Å². The topological polar surface area (TPSA) is 55.8 Å². The fourth-order valence-corrected chi connectivity index (χ4v) is 2.59. The summed E-state index contributed by atoms with van der Waals surface area (Å²) >= 11 is 0. The average molecular weight is 328 g/mol. The van der Waals surface area contributed by atoms with Gasteiger partial charge < -0.3 is 14.6 Å². The molecule has 0 saturated carbocycles. The van der Waals surface area contributed by atoms with Crippen LogP contribution in [0.15, 0.2) is 53.8 Å². The van der Waals surface area contributed by atoms with Crippen LogP contribution in [0.1, 0.15) is 11.5 Å². The quantitative estimate of drug-likeness (QED) is 0.922. The Morgan fingerprint density at radius 3 is 2.26 bits per heavy atom. The van der Waals surface area contributed by atoms with Crippen LogP contribution in [0.5, 0.6) is 0 Å². The SMILES string of the molecule is COC1=CC(c2ccccc2)C(C(=O)O)=CC1(OC)C(F)(F)F. The van der Waals surface area contributed by atoms with E-state index in [1.54, 1.807) is 30.3 Å². The Bertz CT molecular complexity index is 649. The van der Waals surface area contributed by atoms with Crippen molar-refractivity contribution in [1.82, 2.24) is 0 Å². The number of hydrogen-bond acceptors (Lipinski definition) is 3. The number of carboxylic acid groups (broad SMARTS) is 1. The highest BCUT2D eigenvalue weighted by atomic mass is 19.4. The minimum atomic E-state index is -4.87. The zero-order chi connectivity index (χ0) is 17.3. The van der Waals surface area contributed by atoms with Crippen LogP contribution in [0.4, 0.5) is 13.2 Å². The third-order valence-electron chi connectivity index (χ3n) is 3.75. The lowest BCUT2D eigenvalue weighted by molar-refractivity contribution is -0.245. The van der Waals surface area contributed by atoms with Gasteiger partial charge in [0.25, 0.3) is 0 Å². The van der Waals surface area contributed by atoms with Crippen LogP contribution in [-0.2, 0) is 14.3 Å². The van der Waals surface area contributed by atoms with E-state index in [2.05, 4.69) is 4.74 Å². The lowest BCUT2D eigenvalue weighted by Crippen LogP contribution is -2.49. The minimum Gasteiger partial charge on any atom is -0.498 e. The molecule has 1 aliphatic carbocycles. The van der Waals surface area contributed by atoms with Crippen LogP contribution in [-0.4, -0.2) is 37.1 Å². The summed E-state index contributed by atoms with van der Waals surface area (Å²) in [5.74, 6) is -2.81. The Labute approximate surface area is 130 Å². The molecular formula is C16H15F3O4. The number of methoxy groups -OCH3 is 2. The van der Waals surface area contributed by atoms with E-state index in [1.165, 1.54) is 0 Å². The van der Waals surface area contributed by atoms with Crippen molar-refractivity contribution < 1.29 is 32.5 Å². The van der Waals surface area contributed by atoms with Crippen molar-refractivity contribution >= 4 is 5.97 Å². The highest BCUT2D eigenvalue weighted by Gasteiger charge is 2.60. The molecule has 0 radical (unpaired) electrons. The number of carboxylic acids is 1. The van der Waals surface area contributed by atoms with Gasteiger partial charge in [-0.15, -0.1) is 0 Å². The lowest BCUT2D eigenvalue weighted by Gasteiger charge is -2.37. The molecule has 23 heavy (non-hydrogen) atoms. The molecule has 124 valence electrons. The van der Waals surface area contributed by atoms with Crippen LogP contribution in [0.25, 0.3) is 0 Å². The molecule has 2 unspecified atom stereocenters. The first-order chi connectivity index (χ1) is 10.8. The van der Waals surface area contributed by atoms with Crippen LogP contribution >= 0.6 is 0 Å². The van der Waals surface area contributed by atoms with Crippen molar-refractivity contribution in [2.45, 2.75) is 17.7 Å². The first kappa shape index (κ1) is 17.1. The highest BCUT2D eigenvalue weighted by Crippen LogP contribution is 2.47. The number of rotatable bonds is 4. The van der Waals surface area contributed by atoms with E-state index in [4.69, 9.17) is 4.74 Å². The predicted molar refractivity (Wildman–Crippen MR) is 75.8 cm³/mol. The van der Waals surface area contributed by atoms with E-state index >= 15 is 0 Å². The lowest BCUT2D eigenvalue weighted by atomic mass is 9.80. The van der Waals surface area contributed by atoms with Gasteiger partial charge in [-0.05, 0) is 17.7 Å². The van der Waals surface area contributed by atoms with Crippen molar-refractivity contribution in [3.8, 4) is 0 Å². The number of carbonyl (C=O) groups is 1. The molecule has 0 saturated heterocycles. The molecule has 7 heteroatoms. The Balaban J connectivity index is 2.66. The maximum atomic E-state index is 13.5. The maximum Gasteiger partial charge on any atom is 0.428 e. The van der Waals surface area contributed by atoms with Crippen molar-refractivity contribution in [2.24, 2.45) is 0 Å². The summed E-state index contributed by atoms with van der Waals surface area (Å²) in [7, 11) is 1.95. The van der Waals surface area contributed by atoms with E-state index in [1.807, 2.05) is 0 Å². The molecule has 0 amide bonds. The van der Waals surface area contributed by atoms with Gasteiger partial charge in [0.1, 0.15) is 5.76 Å². The molecule has 2 atom stereocenters. The third kappa shape index (κ3) is 2.84. The Kier molecular flexibility index (Phi) is 4.51. The molecular weight excluding hydrogens is 313 g/mol. The third-order valence-corrected chi connectivity index (χ3v) is 3.75. The van der Waals surface area contributed by atoms with Crippen LogP contribution < -0.4 is 0 Å². The standard InChI is InChI=1S/C16H15F3O4/c1-22-13-8-11(10-6-4-3-5-7-10)12(14(20)21)9-15(13,23-2)16(17,18)19/h3-9,11H,1-2H3,(H,20,21). The average Bonchev–Trinajstić information content (AvgIpc) is 2.53. The molecule has 0 aromatic heterocycles. The Morgan fingerprint density at radius 2 is 1.83 bits per heavy atom. The first-order valence-corrected chi connectivity index (χ1v) is 6.66. The highest BCUT2D eigenvalue weighted by molar-refractivity contribution is 5.90. The van der Waals surface area contributed by atoms with E-state index < -0.39 is 35.0 Å². The zero-order valence-corrected chi connectivity index (χ0v) is 12.4. The van der Waals surface area contributed by atoms with Gasteiger partial charge in [0, 0.05) is 18.6 Å². The summed E-state index contributed by atoms with van der Waals surface area (Å²) in [6.07, 6.45) is -3.16. The second-order valence-electron chi connectivity index (χ2n) is 4.97. The summed E-state index contributed by atoms with van der Waals surface area (Å²) in [4.78, 5) is 11.5. The molecule has 2 rings (SSSR count). The van der Waals surface area contributed by atoms with Gasteiger partial charge >= 0.3 is 12.1 Å². The van der Waals surface area contributed by atoms with Gasteiger partial charge in [-0.25, -0.2) is 4.79 Å². The number of benzene rings is 1.